The molecule has 0 spiro atoms. The third-order valence-corrected chi connectivity index (χ3v) is 6.72. The third-order valence-electron chi connectivity index (χ3n) is 6.72. The van der Waals surface area contributed by atoms with Gasteiger partial charge in [-0.3, -0.25) is 4.79 Å². The Balaban J connectivity index is 0.0000109. The Labute approximate surface area is 218 Å². The van der Waals surface area contributed by atoms with Crippen LogP contribution < -0.4 is 17.7 Å². The van der Waals surface area contributed by atoms with E-state index in [0.717, 1.165) is 37.0 Å². The first-order valence-corrected chi connectivity index (χ1v) is 14.2. The van der Waals surface area contributed by atoms with Crippen LogP contribution in [0.2, 0.25) is 0 Å². The summed E-state index contributed by atoms with van der Waals surface area (Å²) in [5.74, 6) is 0.234. The molecule has 0 saturated heterocycles. The number of hydrogen-bond donors (Lipinski definition) is 1. The number of carbonyl (C=O) groups excluding carboxylic acids is 1. The second kappa shape index (κ2) is 22.4. The van der Waals surface area contributed by atoms with E-state index >= 15 is 0 Å². The summed E-state index contributed by atoms with van der Waals surface area (Å²) in [6.45, 7) is 5.20. The van der Waals surface area contributed by atoms with E-state index in [2.05, 4.69) is 56.7 Å². The van der Waals surface area contributed by atoms with Gasteiger partial charge in [-0.2, -0.15) is 0 Å². The number of carbonyl (C=O) groups is 1. The Hall–Kier alpha value is -1.06. The maximum Gasteiger partial charge on any atom is 0.219 e. The zero-order valence-corrected chi connectivity index (χ0v) is 23.5. The normalized spacial score (nSPS) is 11.3. The summed E-state index contributed by atoms with van der Waals surface area (Å²) in [6, 6.07) is 10.7. The van der Waals surface area contributed by atoms with Gasteiger partial charge in [-0.15, -0.1) is 0 Å². The summed E-state index contributed by atoms with van der Waals surface area (Å²) in [6.07, 6.45) is 22.2. The molecule has 1 aromatic rings. The van der Waals surface area contributed by atoms with Gasteiger partial charge >= 0.3 is 0 Å². The van der Waals surface area contributed by atoms with E-state index in [1.807, 2.05) is 0 Å². The van der Waals surface area contributed by atoms with Gasteiger partial charge in [0.25, 0.3) is 0 Å². The molecule has 0 aliphatic heterocycles. The molecule has 34 heavy (non-hydrogen) atoms. The average molecular weight is 495 g/mol. The summed E-state index contributed by atoms with van der Waals surface area (Å²) >= 11 is 0. The number of halogens is 1. The van der Waals surface area contributed by atoms with Gasteiger partial charge in [-0.05, 0) is 6.42 Å². The third kappa shape index (κ3) is 20.3. The molecule has 0 radical (unpaired) electrons. The number of unbranched alkanes of at least 4 members (excludes halogenated alkanes) is 14. The first-order chi connectivity index (χ1) is 16.0. The standard InChI is InChI=1S/C30H54N2O.ClH/c1-4-5-6-7-8-9-10-11-12-13-14-15-16-17-21-25-30(33)31-26-22-27-32(2,3)28-29-23-19-18-20-24-29;/h18-20,23-24H,4-17,21-22,25-28H2,1-3H3;1H. The van der Waals surface area contributed by atoms with Crippen molar-refractivity contribution in [3.63, 3.8) is 0 Å². The van der Waals surface area contributed by atoms with E-state index in [1.54, 1.807) is 0 Å². The van der Waals surface area contributed by atoms with Crippen molar-refractivity contribution >= 4 is 5.91 Å². The molecule has 0 atom stereocenters. The fourth-order valence-corrected chi connectivity index (χ4v) is 4.64. The first-order valence-electron chi connectivity index (χ1n) is 14.2. The largest absolute Gasteiger partial charge is 1.00 e. The van der Waals surface area contributed by atoms with Gasteiger partial charge in [-0.25, -0.2) is 0 Å². The van der Waals surface area contributed by atoms with Crippen LogP contribution in [0.3, 0.4) is 0 Å². The molecule has 0 bridgehead atoms. The van der Waals surface area contributed by atoms with Crippen LogP contribution >= 0.6 is 0 Å². The molecule has 4 heteroatoms. The zero-order valence-electron chi connectivity index (χ0n) is 22.8. The molecule has 1 aromatic carbocycles. The molecular formula is C30H55ClN2O. The summed E-state index contributed by atoms with van der Waals surface area (Å²) < 4.78 is 0.957. The minimum atomic E-state index is 0. The number of amides is 1. The summed E-state index contributed by atoms with van der Waals surface area (Å²) in [5.41, 5.74) is 1.37. The molecule has 0 aromatic heterocycles. The predicted octanol–water partition coefficient (Wildman–Crippen LogP) is 5.03. The highest BCUT2D eigenvalue weighted by Gasteiger charge is 2.15. The molecule has 0 saturated carbocycles. The van der Waals surface area contributed by atoms with Crippen LogP contribution in [0.15, 0.2) is 30.3 Å². The van der Waals surface area contributed by atoms with Crippen LogP contribution in [-0.4, -0.2) is 37.6 Å². The van der Waals surface area contributed by atoms with Gasteiger partial charge in [0.2, 0.25) is 5.91 Å². The maximum atomic E-state index is 12.1. The molecular weight excluding hydrogens is 440 g/mol. The van der Waals surface area contributed by atoms with Gasteiger partial charge in [0, 0.05) is 24.9 Å². The SMILES string of the molecule is CCCCCCCCCCCCCCCCCC(=O)NCCC[N+](C)(C)Cc1ccccc1.[Cl-]. The first kappa shape index (κ1) is 32.9. The molecule has 0 aliphatic carbocycles. The Morgan fingerprint density at radius 3 is 1.68 bits per heavy atom. The van der Waals surface area contributed by atoms with Crippen molar-refractivity contribution < 1.29 is 21.7 Å². The Bertz CT molecular complexity index is 576. The van der Waals surface area contributed by atoms with Crippen molar-refractivity contribution in [1.82, 2.24) is 5.32 Å². The molecule has 1 amide bonds. The monoisotopic (exact) mass is 494 g/mol. The minimum Gasteiger partial charge on any atom is -1.00 e. The van der Waals surface area contributed by atoms with Gasteiger partial charge in [-0.1, -0.05) is 127 Å². The van der Waals surface area contributed by atoms with Gasteiger partial charge in [0.15, 0.2) is 0 Å². The van der Waals surface area contributed by atoms with E-state index < -0.39 is 0 Å². The second-order valence-electron chi connectivity index (χ2n) is 10.7. The number of rotatable bonds is 22. The lowest BCUT2D eigenvalue weighted by Crippen LogP contribution is -3.00. The molecule has 0 unspecified atom stereocenters. The number of benzene rings is 1. The van der Waals surface area contributed by atoms with Gasteiger partial charge in [0.05, 0.1) is 20.6 Å². The highest BCUT2D eigenvalue weighted by atomic mass is 35.5. The van der Waals surface area contributed by atoms with Crippen LogP contribution in [0.25, 0.3) is 0 Å². The molecule has 0 aliphatic rings. The zero-order chi connectivity index (χ0) is 24.0. The van der Waals surface area contributed by atoms with Crippen molar-refractivity contribution in [3.05, 3.63) is 35.9 Å². The van der Waals surface area contributed by atoms with Gasteiger partial charge < -0.3 is 22.2 Å². The van der Waals surface area contributed by atoms with Crippen LogP contribution in [0, 0.1) is 0 Å². The maximum absolute atomic E-state index is 12.1. The van der Waals surface area contributed by atoms with Crippen LogP contribution in [-0.2, 0) is 11.3 Å². The fraction of sp³-hybridized carbons (Fsp3) is 0.767. The van der Waals surface area contributed by atoms with Crippen molar-refractivity contribution in [2.75, 3.05) is 27.2 Å². The lowest BCUT2D eigenvalue weighted by atomic mass is 10.0. The quantitative estimate of drug-likeness (QED) is 0.178. The topological polar surface area (TPSA) is 29.1 Å². The van der Waals surface area contributed by atoms with Crippen molar-refractivity contribution in [2.24, 2.45) is 0 Å². The minimum absolute atomic E-state index is 0. The van der Waals surface area contributed by atoms with Crippen molar-refractivity contribution in [3.8, 4) is 0 Å². The smallest absolute Gasteiger partial charge is 0.219 e. The number of nitrogens with one attached hydrogen (secondary N) is 1. The van der Waals surface area contributed by atoms with E-state index in [4.69, 9.17) is 0 Å². The lowest BCUT2D eigenvalue weighted by Gasteiger charge is -2.30. The second-order valence-corrected chi connectivity index (χ2v) is 10.7. The van der Waals surface area contributed by atoms with Crippen LogP contribution in [0.5, 0.6) is 0 Å². The summed E-state index contributed by atoms with van der Waals surface area (Å²) in [4.78, 5) is 12.1. The Morgan fingerprint density at radius 2 is 1.18 bits per heavy atom. The van der Waals surface area contributed by atoms with Crippen LogP contribution in [0.1, 0.15) is 122 Å². The van der Waals surface area contributed by atoms with Crippen molar-refractivity contribution in [2.45, 2.75) is 123 Å². The fourth-order valence-electron chi connectivity index (χ4n) is 4.64. The van der Waals surface area contributed by atoms with E-state index in [-0.39, 0.29) is 18.3 Å². The molecule has 3 nitrogen and oxygen atoms in total. The molecule has 1 rings (SSSR count). The summed E-state index contributed by atoms with van der Waals surface area (Å²) in [7, 11) is 4.54. The molecule has 0 fully saturated rings. The number of nitrogens with zero attached hydrogens (tertiary/aromatic N) is 1. The highest BCUT2D eigenvalue weighted by Crippen LogP contribution is 2.14. The Morgan fingerprint density at radius 1 is 0.706 bits per heavy atom. The highest BCUT2D eigenvalue weighted by molar-refractivity contribution is 5.75. The van der Waals surface area contributed by atoms with E-state index in [9.17, 15) is 4.79 Å². The lowest BCUT2D eigenvalue weighted by molar-refractivity contribution is -0.903. The molecule has 198 valence electrons. The molecule has 0 heterocycles. The number of hydrogen-bond acceptors (Lipinski definition) is 1. The molecule has 1 N–H and O–H groups in total. The predicted molar refractivity (Wildman–Crippen MR) is 144 cm³/mol. The van der Waals surface area contributed by atoms with E-state index in [0.29, 0.717) is 6.42 Å². The summed E-state index contributed by atoms with van der Waals surface area (Å²) in [5, 5.41) is 3.12. The van der Waals surface area contributed by atoms with Crippen LogP contribution in [0.4, 0.5) is 0 Å². The van der Waals surface area contributed by atoms with Crippen molar-refractivity contribution in [1.29, 1.82) is 0 Å². The van der Waals surface area contributed by atoms with E-state index in [1.165, 1.54) is 95.5 Å². The number of quaternary nitrogens is 1. The average Bonchev–Trinajstić information content (AvgIpc) is 2.79. The van der Waals surface area contributed by atoms with Gasteiger partial charge in [0.1, 0.15) is 6.54 Å². The Kier molecular flexibility index (Phi) is 21.7.